The van der Waals surface area contributed by atoms with Crippen LogP contribution in [0.3, 0.4) is 0 Å². The Bertz CT molecular complexity index is 561. The van der Waals surface area contributed by atoms with Crippen molar-refractivity contribution in [3.8, 4) is 17.2 Å². The summed E-state index contributed by atoms with van der Waals surface area (Å²) in [7, 11) is 1.61. The van der Waals surface area contributed by atoms with Crippen LogP contribution in [0.25, 0.3) is 0 Å². The van der Waals surface area contributed by atoms with Crippen LogP contribution in [-0.4, -0.2) is 12.9 Å². The molecule has 2 aromatic carbocycles. The molecular weight excluding hydrogens is 228 g/mol. The number of carbonyl (C=O) groups is 1. The number of hydrogen-bond donors (Lipinski definition) is 0. The molecule has 3 heteroatoms. The first-order chi connectivity index (χ1) is 8.69. The van der Waals surface area contributed by atoms with Gasteiger partial charge in [0.25, 0.3) is 0 Å². The molecule has 0 aromatic heterocycles. The fourth-order valence-electron chi connectivity index (χ4n) is 1.58. The molecular formula is C15H14O3. The van der Waals surface area contributed by atoms with Crippen LogP contribution in [0.4, 0.5) is 0 Å². The van der Waals surface area contributed by atoms with Crippen molar-refractivity contribution < 1.29 is 14.3 Å². The fraction of sp³-hybridized carbons (Fsp3) is 0.133. The summed E-state index contributed by atoms with van der Waals surface area (Å²) >= 11 is 0. The molecule has 0 aliphatic rings. The minimum Gasteiger partial charge on any atom is -0.497 e. The van der Waals surface area contributed by atoms with Crippen LogP contribution in [0.15, 0.2) is 48.5 Å². The lowest BCUT2D eigenvalue weighted by atomic mass is 10.1. The second kappa shape index (κ2) is 5.36. The standard InChI is InChI=1S/C15H14O3/c1-11(16)12-5-3-7-14(9-12)18-15-8-4-6-13(10-15)17-2/h3-10H,1-2H3. The molecule has 0 aliphatic heterocycles. The first-order valence-electron chi connectivity index (χ1n) is 5.62. The van der Waals surface area contributed by atoms with E-state index in [-0.39, 0.29) is 5.78 Å². The zero-order valence-electron chi connectivity index (χ0n) is 10.3. The molecule has 18 heavy (non-hydrogen) atoms. The Hall–Kier alpha value is -2.29. The lowest BCUT2D eigenvalue weighted by Gasteiger charge is -2.08. The molecule has 92 valence electrons. The summed E-state index contributed by atoms with van der Waals surface area (Å²) in [5.41, 5.74) is 0.635. The first-order valence-corrected chi connectivity index (χ1v) is 5.62. The van der Waals surface area contributed by atoms with Gasteiger partial charge in [0.1, 0.15) is 17.2 Å². The second-order valence-corrected chi connectivity index (χ2v) is 3.87. The Balaban J connectivity index is 2.22. The zero-order chi connectivity index (χ0) is 13.0. The Kier molecular flexibility index (Phi) is 3.63. The maximum absolute atomic E-state index is 11.3. The number of ketones is 1. The molecule has 0 saturated heterocycles. The van der Waals surface area contributed by atoms with Crippen molar-refractivity contribution >= 4 is 5.78 Å². The molecule has 2 rings (SSSR count). The van der Waals surface area contributed by atoms with Crippen molar-refractivity contribution in [3.63, 3.8) is 0 Å². The van der Waals surface area contributed by atoms with E-state index in [2.05, 4.69) is 0 Å². The number of carbonyl (C=O) groups excluding carboxylic acids is 1. The number of ether oxygens (including phenoxy) is 2. The number of rotatable bonds is 4. The average Bonchev–Trinajstić information content (AvgIpc) is 2.39. The lowest BCUT2D eigenvalue weighted by molar-refractivity contribution is 0.101. The summed E-state index contributed by atoms with van der Waals surface area (Å²) < 4.78 is 10.8. The lowest BCUT2D eigenvalue weighted by Crippen LogP contribution is -1.92. The van der Waals surface area contributed by atoms with E-state index in [9.17, 15) is 4.79 Å². The summed E-state index contributed by atoms with van der Waals surface area (Å²) in [5, 5.41) is 0. The van der Waals surface area contributed by atoms with Crippen LogP contribution in [0.2, 0.25) is 0 Å². The predicted molar refractivity (Wildman–Crippen MR) is 69.5 cm³/mol. The van der Waals surface area contributed by atoms with Gasteiger partial charge in [-0.05, 0) is 31.2 Å². The third-order valence-electron chi connectivity index (χ3n) is 2.52. The quantitative estimate of drug-likeness (QED) is 0.767. The van der Waals surface area contributed by atoms with Crippen LogP contribution >= 0.6 is 0 Å². The van der Waals surface area contributed by atoms with Gasteiger partial charge in [-0.3, -0.25) is 4.79 Å². The van der Waals surface area contributed by atoms with Gasteiger partial charge in [0.15, 0.2) is 5.78 Å². The molecule has 0 heterocycles. The SMILES string of the molecule is COc1cccc(Oc2cccc(C(C)=O)c2)c1. The van der Waals surface area contributed by atoms with E-state index in [1.807, 2.05) is 24.3 Å². The highest BCUT2D eigenvalue weighted by Crippen LogP contribution is 2.25. The van der Waals surface area contributed by atoms with Gasteiger partial charge < -0.3 is 9.47 Å². The van der Waals surface area contributed by atoms with Gasteiger partial charge in [0.05, 0.1) is 7.11 Å². The van der Waals surface area contributed by atoms with Crippen molar-refractivity contribution in [2.45, 2.75) is 6.92 Å². The van der Waals surface area contributed by atoms with Gasteiger partial charge in [-0.2, -0.15) is 0 Å². The third-order valence-corrected chi connectivity index (χ3v) is 2.52. The van der Waals surface area contributed by atoms with Gasteiger partial charge in [0, 0.05) is 11.6 Å². The van der Waals surface area contributed by atoms with Crippen LogP contribution in [0, 0.1) is 0 Å². The van der Waals surface area contributed by atoms with Crippen molar-refractivity contribution in [1.29, 1.82) is 0 Å². The topological polar surface area (TPSA) is 35.5 Å². The maximum atomic E-state index is 11.3. The average molecular weight is 242 g/mol. The summed E-state index contributed by atoms with van der Waals surface area (Å²) in [4.78, 5) is 11.3. The van der Waals surface area contributed by atoms with Gasteiger partial charge in [-0.1, -0.05) is 18.2 Å². The highest BCUT2D eigenvalue weighted by Gasteiger charge is 2.03. The summed E-state index contributed by atoms with van der Waals surface area (Å²) in [5.74, 6) is 2.06. The van der Waals surface area contributed by atoms with Crippen LogP contribution < -0.4 is 9.47 Å². The van der Waals surface area contributed by atoms with E-state index >= 15 is 0 Å². The van der Waals surface area contributed by atoms with E-state index in [4.69, 9.17) is 9.47 Å². The normalized spacial score (nSPS) is 9.89. The Labute approximate surface area is 106 Å². The van der Waals surface area contributed by atoms with Crippen LogP contribution in [-0.2, 0) is 0 Å². The molecule has 0 fully saturated rings. The highest BCUT2D eigenvalue weighted by atomic mass is 16.5. The zero-order valence-corrected chi connectivity index (χ0v) is 10.3. The molecule has 0 amide bonds. The Morgan fingerprint density at radius 2 is 1.56 bits per heavy atom. The highest BCUT2D eigenvalue weighted by molar-refractivity contribution is 5.94. The van der Waals surface area contributed by atoms with E-state index in [0.29, 0.717) is 17.1 Å². The van der Waals surface area contributed by atoms with Gasteiger partial charge in [0.2, 0.25) is 0 Å². The molecule has 0 spiro atoms. The second-order valence-electron chi connectivity index (χ2n) is 3.87. The predicted octanol–water partition coefficient (Wildman–Crippen LogP) is 3.69. The van der Waals surface area contributed by atoms with Gasteiger partial charge in [-0.25, -0.2) is 0 Å². The molecule has 0 N–H and O–H groups in total. The maximum Gasteiger partial charge on any atom is 0.159 e. The van der Waals surface area contributed by atoms with Crippen LogP contribution in [0.1, 0.15) is 17.3 Å². The molecule has 0 unspecified atom stereocenters. The smallest absolute Gasteiger partial charge is 0.159 e. The Morgan fingerprint density at radius 1 is 0.944 bits per heavy atom. The monoisotopic (exact) mass is 242 g/mol. The molecule has 3 nitrogen and oxygen atoms in total. The van der Waals surface area contributed by atoms with Crippen molar-refractivity contribution in [2.24, 2.45) is 0 Å². The van der Waals surface area contributed by atoms with E-state index in [1.165, 1.54) is 6.92 Å². The largest absolute Gasteiger partial charge is 0.497 e. The third kappa shape index (κ3) is 2.88. The van der Waals surface area contributed by atoms with E-state index in [0.717, 1.165) is 5.75 Å². The first kappa shape index (κ1) is 12.2. The van der Waals surface area contributed by atoms with Crippen LogP contribution in [0.5, 0.6) is 17.2 Å². The number of Topliss-reactive ketones (excluding diaryl/α,β-unsaturated/α-hetero) is 1. The fourth-order valence-corrected chi connectivity index (χ4v) is 1.58. The minimum absolute atomic E-state index is 0.0195. The van der Waals surface area contributed by atoms with Crippen molar-refractivity contribution in [1.82, 2.24) is 0 Å². The van der Waals surface area contributed by atoms with Crippen molar-refractivity contribution in [2.75, 3.05) is 7.11 Å². The summed E-state index contributed by atoms with van der Waals surface area (Å²) in [6.45, 7) is 1.53. The van der Waals surface area contributed by atoms with E-state index in [1.54, 1.807) is 31.4 Å². The molecule has 0 bridgehead atoms. The number of hydrogen-bond acceptors (Lipinski definition) is 3. The molecule has 0 saturated carbocycles. The van der Waals surface area contributed by atoms with Gasteiger partial charge >= 0.3 is 0 Å². The van der Waals surface area contributed by atoms with Crippen molar-refractivity contribution in [3.05, 3.63) is 54.1 Å². The molecule has 2 aromatic rings. The summed E-state index contributed by atoms with van der Waals surface area (Å²) in [6, 6.07) is 14.4. The Morgan fingerprint density at radius 3 is 2.22 bits per heavy atom. The minimum atomic E-state index is 0.0195. The molecule has 0 radical (unpaired) electrons. The molecule has 0 atom stereocenters. The van der Waals surface area contributed by atoms with Gasteiger partial charge in [-0.15, -0.1) is 0 Å². The van der Waals surface area contributed by atoms with E-state index < -0.39 is 0 Å². The number of benzene rings is 2. The molecule has 0 aliphatic carbocycles. The summed E-state index contributed by atoms with van der Waals surface area (Å²) in [6.07, 6.45) is 0. The number of methoxy groups -OCH3 is 1.